The highest BCUT2D eigenvalue weighted by Crippen LogP contribution is 2.32. The molecule has 3 aromatic rings. The third-order valence-corrected chi connectivity index (χ3v) is 4.08. The summed E-state index contributed by atoms with van der Waals surface area (Å²) in [6.45, 7) is 0. The summed E-state index contributed by atoms with van der Waals surface area (Å²) in [5.74, 6) is 3.71. The third kappa shape index (κ3) is 3.40. The van der Waals surface area contributed by atoms with E-state index in [4.69, 9.17) is 16.1 Å². The first-order valence-electron chi connectivity index (χ1n) is 7.77. The number of hydrogen-bond acceptors (Lipinski definition) is 4. The first-order valence-corrected chi connectivity index (χ1v) is 7.77. The largest absolute Gasteiger partial charge is 0.478 e. The van der Waals surface area contributed by atoms with Crippen molar-refractivity contribution in [2.24, 2.45) is 5.84 Å². The van der Waals surface area contributed by atoms with Crippen LogP contribution in [-0.4, -0.2) is 22.2 Å². The van der Waals surface area contributed by atoms with Gasteiger partial charge >= 0.3 is 11.9 Å². The van der Waals surface area contributed by atoms with Crippen molar-refractivity contribution in [1.29, 1.82) is 0 Å². The molecule has 0 aliphatic carbocycles. The molecule has 0 amide bonds. The summed E-state index contributed by atoms with van der Waals surface area (Å²) >= 11 is 0. The molecule has 0 aromatic heterocycles. The van der Waals surface area contributed by atoms with E-state index in [1.165, 1.54) is 12.1 Å². The molecule has 6 nitrogen and oxygen atoms in total. The van der Waals surface area contributed by atoms with Gasteiger partial charge in [-0.15, -0.1) is 0 Å². The van der Waals surface area contributed by atoms with E-state index in [1.807, 2.05) is 18.2 Å². The van der Waals surface area contributed by atoms with Gasteiger partial charge in [0.2, 0.25) is 0 Å². The Morgan fingerprint density at radius 1 is 0.692 bits per heavy atom. The van der Waals surface area contributed by atoms with Crippen LogP contribution in [0.5, 0.6) is 0 Å². The smallest absolute Gasteiger partial charge is 0.335 e. The van der Waals surface area contributed by atoms with Crippen molar-refractivity contribution in [3.8, 4) is 22.3 Å². The van der Waals surface area contributed by atoms with Crippen LogP contribution < -0.4 is 11.3 Å². The summed E-state index contributed by atoms with van der Waals surface area (Å²) in [5.41, 5.74) is 7.17. The number of hydrogen-bond donors (Lipinski definition) is 4. The first-order chi connectivity index (χ1) is 12.5. The Morgan fingerprint density at radius 3 is 1.62 bits per heavy atom. The SMILES string of the molecule is NNc1cc(-c2ccc(C(=O)O)cc2)ccc1-c1ccc(C(=O)O)cc1. The molecule has 0 radical (unpaired) electrons. The molecule has 0 aliphatic rings. The van der Waals surface area contributed by atoms with Crippen molar-refractivity contribution in [3.05, 3.63) is 77.9 Å². The standard InChI is InChI=1S/C20H16N2O4/c21-22-18-11-16(12-1-5-14(6-2-12)19(23)24)9-10-17(18)13-3-7-15(8-4-13)20(25)26/h1-11,22H,21H2,(H,23,24)(H,25,26). The molecule has 0 heterocycles. The van der Waals surface area contributed by atoms with Crippen molar-refractivity contribution < 1.29 is 19.8 Å². The monoisotopic (exact) mass is 348 g/mol. The fourth-order valence-electron chi connectivity index (χ4n) is 2.69. The van der Waals surface area contributed by atoms with Crippen LogP contribution in [0.3, 0.4) is 0 Å². The minimum Gasteiger partial charge on any atom is -0.478 e. The number of carboxylic acids is 2. The Hall–Kier alpha value is -3.64. The highest BCUT2D eigenvalue weighted by molar-refractivity contribution is 5.90. The second-order valence-electron chi connectivity index (χ2n) is 5.67. The predicted octanol–water partition coefficient (Wildman–Crippen LogP) is 3.70. The maximum atomic E-state index is 11.0. The van der Waals surface area contributed by atoms with Gasteiger partial charge in [-0.1, -0.05) is 36.4 Å². The minimum absolute atomic E-state index is 0.214. The Bertz CT molecular complexity index is 964. The van der Waals surface area contributed by atoms with E-state index in [0.29, 0.717) is 5.69 Å². The summed E-state index contributed by atoms with van der Waals surface area (Å²) in [5, 5.41) is 18.0. The molecule has 0 unspecified atom stereocenters. The maximum Gasteiger partial charge on any atom is 0.335 e. The topological polar surface area (TPSA) is 113 Å². The molecule has 3 rings (SSSR count). The van der Waals surface area contributed by atoms with E-state index in [2.05, 4.69) is 5.43 Å². The van der Waals surface area contributed by atoms with E-state index in [0.717, 1.165) is 22.3 Å². The van der Waals surface area contributed by atoms with E-state index in [-0.39, 0.29) is 11.1 Å². The quantitative estimate of drug-likeness (QED) is 0.413. The molecule has 130 valence electrons. The van der Waals surface area contributed by atoms with Crippen molar-refractivity contribution in [2.45, 2.75) is 0 Å². The van der Waals surface area contributed by atoms with E-state index in [9.17, 15) is 9.59 Å². The number of rotatable bonds is 5. The average molecular weight is 348 g/mol. The number of hydrazine groups is 1. The van der Waals surface area contributed by atoms with Gasteiger partial charge in [0.25, 0.3) is 0 Å². The number of nitrogens with one attached hydrogen (secondary N) is 1. The van der Waals surface area contributed by atoms with Crippen LogP contribution in [0, 0.1) is 0 Å². The van der Waals surface area contributed by atoms with Crippen molar-refractivity contribution in [2.75, 3.05) is 5.43 Å². The van der Waals surface area contributed by atoms with Crippen molar-refractivity contribution in [1.82, 2.24) is 0 Å². The second kappa shape index (κ2) is 7.08. The molecular weight excluding hydrogens is 332 g/mol. The van der Waals surface area contributed by atoms with E-state index >= 15 is 0 Å². The highest BCUT2D eigenvalue weighted by atomic mass is 16.4. The van der Waals surface area contributed by atoms with Gasteiger partial charge in [-0.2, -0.15) is 0 Å². The highest BCUT2D eigenvalue weighted by Gasteiger charge is 2.09. The number of aromatic carboxylic acids is 2. The lowest BCUT2D eigenvalue weighted by Crippen LogP contribution is -2.08. The number of nitrogen functional groups attached to an aromatic ring is 1. The van der Waals surface area contributed by atoms with E-state index in [1.54, 1.807) is 36.4 Å². The van der Waals surface area contributed by atoms with Crippen LogP contribution in [0.15, 0.2) is 66.7 Å². The number of anilines is 1. The van der Waals surface area contributed by atoms with Gasteiger partial charge in [0.15, 0.2) is 0 Å². The van der Waals surface area contributed by atoms with Crippen LogP contribution in [-0.2, 0) is 0 Å². The number of nitrogens with two attached hydrogens (primary N) is 1. The van der Waals surface area contributed by atoms with Gasteiger partial charge in [-0.05, 0) is 47.0 Å². The maximum absolute atomic E-state index is 11.0. The minimum atomic E-state index is -0.978. The summed E-state index contributed by atoms with van der Waals surface area (Å²) in [6.07, 6.45) is 0. The zero-order valence-corrected chi connectivity index (χ0v) is 13.6. The van der Waals surface area contributed by atoms with Crippen molar-refractivity contribution >= 4 is 17.6 Å². The van der Waals surface area contributed by atoms with Gasteiger partial charge in [0.05, 0.1) is 16.8 Å². The molecule has 0 aliphatic heterocycles. The number of carbonyl (C=O) groups is 2. The Kier molecular flexibility index (Phi) is 4.68. The zero-order valence-electron chi connectivity index (χ0n) is 13.6. The second-order valence-corrected chi connectivity index (χ2v) is 5.67. The van der Waals surface area contributed by atoms with Crippen molar-refractivity contribution in [3.63, 3.8) is 0 Å². The number of benzene rings is 3. The molecular formula is C20H16N2O4. The molecule has 6 heteroatoms. The predicted molar refractivity (Wildman–Crippen MR) is 99.0 cm³/mol. The molecule has 0 saturated carbocycles. The van der Waals surface area contributed by atoms with Crippen LogP contribution in [0.1, 0.15) is 20.7 Å². The molecule has 5 N–H and O–H groups in total. The molecule has 0 atom stereocenters. The normalized spacial score (nSPS) is 10.3. The number of carboxylic acid groups (broad SMARTS) is 2. The fourth-order valence-corrected chi connectivity index (χ4v) is 2.69. The van der Waals surface area contributed by atoms with Gasteiger partial charge in [0.1, 0.15) is 0 Å². The zero-order chi connectivity index (χ0) is 18.7. The van der Waals surface area contributed by atoms with Gasteiger partial charge in [-0.25, -0.2) is 9.59 Å². The molecule has 0 spiro atoms. The van der Waals surface area contributed by atoms with Crippen LogP contribution in [0.4, 0.5) is 5.69 Å². The van der Waals surface area contributed by atoms with Crippen LogP contribution in [0.25, 0.3) is 22.3 Å². The Labute approximate surface area is 149 Å². The average Bonchev–Trinajstić information content (AvgIpc) is 2.67. The van der Waals surface area contributed by atoms with Gasteiger partial charge in [0, 0.05) is 5.56 Å². The summed E-state index contributed by atoms with van der Waals surface area (Å²) in [6, 6.07) is 18.7. The fraction of sp³-hybridized carbons (Fsp3) is 0. The lowest BCUT2D eigenvalue weighted by Gasteiger charge is -2.12. The Morgan fingerprint density at radius 2 is 1.15 bits per heavy atom. The molecule has 0 fully saturated rings. The Balaban J connectivity index is 1.97. The van der Waals surface area contributed by atoms with Gasteiger partial charge < -0.3 is 15.6 Å². The summed E-state index contributed by atoms with van der Waals surface area (Å²) < 4.78 is 0. The van der Waals surface area contributed by atoms with Crippen LogP contribution >= 0.6 is 0 Å². The molecule has 26 heavy (non-hydrogen) atoms. The van der Waals surface area contributed by atoms with E-state index < -0.39 is 11.9 Å². The first kappa shape index (κ1) is 17.2. The van der Waals surface area contributed by atoms with Crippen LogP contribution in [0.2, 0.25) is 0 Å². The van der Waals surface area contributed by atoms with Gasteiger partial charge in [-0.3, -0.25) is 5.84 Å². The summed E-state index contributed by atoms with van der Waals surface area (Å²) in [4.78, 5) is 21.9. The third-order valence-electron chi connectivity index (χ3n) is 4.08. The molecule has 0 saturated heterocycles. The lowest BCUT2D eigenvalue weighted by molar-refractivity contribution is 0.0686. The summed E-state index contributed by atoms with van der Waals surface area (Å²) in [7, 11) is 0. The lowest BCUT2D eigenvalue weighted by atomic mass is 9.97. The molecule has 3 aromatic carbocycles. The molecule has 0 bridgehead atoms.